The molecule has 4 rings (SSSR count). The fraction of sp³-hybridized carbons (Fsp3) is 0.333. The molecule has 1 amide bonds. The Labute approximate surface area is 155 Å². The van der Waals surface area contributed by atoms with Gasteiger partial charge in [-0.25, -0.2) is 0 Å². The second kappa shape index (κ2) is 6.57. The molecule has 1 N–H and O–H groups in total. The van der Waals surface area contributed by atoms with Gasteiger partial charge in [0, 0.05) is 23.6 Å². The summed E-state index contributed by atoms with van der Waals surface area (Å²) in [4.78, 5) is 16.9. The minimum Gasteiger partial charge on any atom is -0.339 e. The summed E-state index contributed by atoms with van der Waals surface area (Å²) < 4.78 is 6.91. The van der Waals surface area contributed by atoms with Gasteiger partial charge < -0.3 is 9.84 Å². The summed E-state index contributed by atoms with van der Waals surface area (Å²) in [5, 5.41) is 11.9. The number of carbonyl (C=O) groups excluding carboxylic acids is 1. The third-order valence-electron chi connectivity index (χ3n) is 4.39. The van der Waals surface area contributed by atoms with E-state index in [1.807, 2.05) is 18.2 Å². The summed E-state index contributed by atoms with van der Waals surface area (Å²) >= 11 is 5.89. The lowest BCUT2D eigenvalue weighted by atomic mass is 10.2. The zero-order chi connectivity index (χ0) is 18.3. The van der Waals surface area contributed by atoms with Gasteiger partial charge in [0.25, 0.3) is 5.91 Å². The van der Waals surface area contributed by atoms with Crippen molar-refractivity contribution in [3.63, 3.8) is 0 Å². The van der Waals surface area contributed by atoms with Crippen molar-refractivity contribution in [2.24, 2.45) is 7.05 Å². The van der Waals surface area contributed by atoms with Crippen LogP contribution in [0.1, 0.15) is 53.8 Å². The van der Waals surface area contributed by atoms with Crippen LogP contribution in [0.25, 0.3) is 11.4 Å². The molecule has 1 atom stereocenters. The maximum absolute atomic E-state index is 12.5. The molecule has 0 radical (unpaired) electrons. The number of rotatable bonds is 5. The van der Waals surface area contributed by atoms with E-state index in [1.54, 1.807) is 30.8 Å². The Balaban J connectivity index is 1.47. The van der Waals surface area contributed by atoms with Gasteiger partial charge in [-0.1, -0.05) is 16.8 Å². The molecule has 0 aliphatic heterocycles. The molecule has 7 nitrogen and oxygen atoms in total. The van der Waals surface area contributed by atoms with E-state index in [4.69, 9.17) is 16.1 Å². The molecule has 2 heterocycles. The second-order valence-electron chi connectivity index (χ2n) is 6.51. The number of nitrogens with one attached hydrogen (secondary N) is 1. The van der Waals surface area contributed by atoms with E-state index in [1.165, 1.54) is 0 Å². The number of hydrogen-bond acceptors (Lipinski definition) is 5. The first-order chi connectivity index (χ1) is 12.5. The number of amides is 1. The Kier molecular flexibility index (Phi) is 4.24. The molecule has 1 saturated carbocycles. The van der Waals surface area contributed by atoms with Crippen molar-refractivity contribution in [2.75, 3.05) is 0 Å². The van der Waals surface area contributed by atoms with E-state index in [-0.39, 0.29) is 5.91 Å². The fourth-order valence-corrected chi connectivity index (χ4v) is 2.87. The predicted octanol–water partition coefficient (Wildman–Crippen LogP) is 3.49. The van der Waals surface area contributed by atoms with Gasteiger partial charge in [-0.05, 0) is 50.1 Å². The zero-order valence-electron chi connectivity index (χ0n) is 14.4. The van der Waals surface area contributed by atoms with Crippen molar-refractivity contribution < 1.29 is 9.32 Å². The third kappa shape index (κ3) is 3.35. The number of halogens is 1. The van der Waals surface area contributed by atoms with E-state index in [0.717, 1.165) is 24.1 Å². The van der Waals surface area contributed by atoms with Crippen molar-refractivity contribution in [3.05, 3.63) is 52.6 Å². The number of aryl methyl sites for hydroxylation is 1. The molecule has 1 aliphatic rings. The molecule has 0 bridgehead atoms. The summed E-state index contributed by atoms with van der Waals surface area (Å²) in [6, 6.07) is 8.59. The van der Waals surface area contributed by atoms with Gasteiger partial charge in [0.15, 0.2) is 0 Å². The maximum atomic E-state index is 12.5. The summed E-state index contributed by atoms with van der Waals surface area (Å²) in [5.74, 6) is 1.07. The molecule has 26 heavy (non-hydrogen) atoms. The molecule has 1 fully saturated rings. The van der Waals surface area contributed by atoms with E-state index >= 15 is 0 Å². The molecular weight excluding hydrogens is 354 g/mol. The Morgan fingerprint density at radius 2 is 2.08 bits per heavy atom. The van der Waals surface area contributed by atoms with Gasteiger partial charge in [-0.2, -0.15) is 10.1 Å². The first kappa shape index (κ1) is 16.8. The van der Waals surface area contributed by atoms with Gasteiger partial charge in [0.1, 0.15) is 11.7 Å². The molecule has 134 valence electrons. The van der Waals surface area contributed by atoms with Crippen LogP contribution in [0.3, 0.4) is 0 Å². The molecular formula is C18H18ClN5O2. The highest BCUT2D eigenvalue weighted by Gasteiger charge is 2.28. The summed E-state index contributed by atoms with van der Waals surface area (Å²) in [6.07, 6.45) is 2.29. The van der Waals surface area contributed by atoms with Crippen molar-refractivity contribution >= 4 is 17.5 Å². The van der Waals surface area contributed by atoms with Gasteiger partial charge >= 0.3 is 0 Å². The lowest BCUT2D eigenvalue weighted by Gasteiger charge is -2.09. The van der Waals surface area contributed by atoms with Crippen LogP contribution in [0.4, 0.5) is 0 Å². The quantitative estimate of drug-likeness (QED) is 0.741. The van der Waals surface area contributed by atoms with Gasteiger partial charge in [-0.15, -0.1) is 0 Å². The normalized spacial score (nSPS) is 15.0. The molecule has 0 spiro atoms. The molecule has 1 aromatic carbocycles. The Morgan fingerprint density at radius 3 is 2.77 bits per heavy atom. The molecule has 8 heteroatoms. The van der Waals surface area contributed by atoms with Crippen LogP contribution in [0, 0.1) is 0 Å². The molecule has 1 aliphatic carbocycles. The van der Waals surface area contributed by atoms with E-state index in [2.05, 4.69) is 20.6 Å². The zero-order valence-corrected chi connectivity index (χ0v) is 15.2. The van der Waals surface area contributed by atoms with Crippen LogP contribution in [0.15, 0.2) is 34.9 Å². The fourth-order valence-electron chi connectivity index (χ4n) is 2.74. The molecule has 3 aromatic rings. The van der Waals surface area contributed by atoms with Crippen LogP contribution in [-0.2, 0) is 7.05 Å². The summed E-state index contributed by atoms with van der Waals surface area (Å²) in [5.41, 5.74) is 2.30. The van der Waals surface area contributed by atoms with Crippen molar-refractivity contribution in [3.8, 4) is 11.4 Å². The number of carbonyl (C=O) groups is 1. The van der Waals surface area contributed by atoms with E-state index < -0.39 is 6.04 Å². The third-order valence-corrected chi connectivity index (χ3v) is 4.64. The van der Waals surface area contributed by atoms with Gasteiger partial charge in [-0.3, -0.25) is 9.48 Å². The van der Waals surface area contributed by atoms with Gasteiger partial charge in [0.2, 0.25) is 11.7 Å². The number of nitrogens with zero attached hydrogens (tertiary/aromatic N) is 4. The first-order valence-corrected chi connectivity index (χ1v) is 8.83. The van der Waals surface area contributed by atoms with Crippen molar-refractivity contribution in [1.29, 1.82) is 0 Å². The van der Waals surface area contributed by atoms with Crippen LogP contribution < -0.4 is 5.32 Å². The smallest absolute Gasteiger partial charge is 0.270 e. The largest absolute Gasteiger partial charge is 0.339 e. The average molecular weight is 372 g/mol. The minimum atomic E-state index is -0.421. The highest BCUT2D eigenvalue weighted by atomic mass is 35.5. The number of benzene rings is 1. The molecule has 0 saturated heterocycles. The van der Waals surface area contributed by atoms with Crippen LogP contribution in [0.5, 0.6) is 0 Å². The van der Waals surface area contributed by atoms with Crippen LogP contribution >= 0.6 is 11.6 Å². The highest BCUT2D eigenvalue weighted by Crippen LogP contribution is 2.39. The topological polar surface area (TPSA) is 85.8 Å². The number of aromatic nitrogens is 4. The average Bonchev–Trinajstić information content (AvgIpc) is 3.21. The summed E-state index contributed by atoms with van der Waals surface area (Å²) in [6.45, 7) is 1.80. The Morgan fingerprint density at radius 1 is 1.35 bits per heavy atom. The minimum absolute atomic E-state index is 0.217. The highest BCUT2D eigenvalue weighted by molar-refractivity contribution is 6.30. The lowest BCUT2D eigenvalue weighted by Crippen LogP contribution is -2.28. The first-order valence-electron chi connectivity index (χ1n) is 8.45. The Hall–Kier alpha value is -2.67. The molecule has 1 unspecified atom stereocenters. The lowest BCUT2D eigenvalue weighted by molar-refractivity contribution is 0.0923. The number of hydrogen-bond donors (Lipinski definition) is 1. The second-order valence-corrected chi connectivity index (χ2v) is 6.95. The van der Waals surface area contributed by atoms with Crippen molar-refractivity contribution in [1.82, 2.24) is 25.2 Å². The van der Waals surface area contributed by atoms with Crippen LogP contribution in [0.2, 0.25) is 5.02 Å². The standard InChI is InChI=1S/C18H18ClN5O2/c1-10(18-21-16(23-26-18)12-5-7-13(19)8-6-12)20-17(25)15-9-14(11-3-4-11)22-24(15)2/h5-11H,3-4H2,1-2H3,(H,20,25). The van der Waals surface area contributed by atoms with E-state index in [0.29, 0.717) is 28.3 Å². The molecule has 2 aromatic heterocycles. The Bertz CT molecular complexity index is 943. The van der Waals surface area contributed by atoms with Crippen molar-refractivity contribution in [2.45, 2.75) is 31.7 Å². The predicted molar refractivity (Wildman–Crippen MR) is 95.8 cm³/mol. The van der Waals surface area contributed by atoms with Gasteiger partial charge in [0.05, 0.1) is 5.69 Å². The monoisotopic (exact) mass is 371 g/mol. The van der Waals surface area contributed by atoms with Crippen LogP contribution in [-0.4, -0.2) is 25.8 Å². The van der Waals surface area contributed by atoms with E-state index in [9.17, 15) is 4.79 Å². The SMILES string of the molecule is CC(NC(=O)c1cc(C2CC2)nn1C)c1nc(-c2ccc(Cl)cc2)no1. The summed E-state index contributed by atoms with van der Waals surface area (Å²) in [7, 11) is 1.77. The maximum Gasteiger partial charge on any atom is 0.270 e.